The average Bonchev–Trinajstić information content (AvgIpc) is 2.84. The number of halogens is 2. The number of rotatable bonds is 5. The largest absolute Gasteiger partial charge is 0.385 e. The monoisotopic (exact) mass is 496 g/mol. The molecule has 1 aromatic carbocycles. The van der Waals surface area contributed by atoms with Gasteiger partial charge in [-0.1, -0.05) is 31.5 Å². The van der Waals surface area contributed by atoms with Crippen LogP contribution in [0.15, 0.2) is 34.1 Å². The van der Waals surface area contributed by atoms with Gasteiger partial charge in [-0.25, -0.2) is 13.4 Å². The van der Waals surface area contributed by atoms with Crippen molar-refractivity contribution in [2.45, 2.75) is 62.8 Å². The molecule has 0 aliphatic carbocycles. The van der Waals surface area contributed by atoms with E-state index in [1.807, 2.05) is 12.1 Å². The molecule has 2 fully saturated rings. The number of piperidine rings is 1. The van der Waals surface area contributed by atoms with E-state index in [9.17, 15) is 9.18 Å². The van der Waals surface area contributed by atoms with Gasteiger partial charge in [-0.15, -0.1) is 0 Å². The molecule has 0 unspecified atom stereocenters. The second-order valence-electron chi connectivity index (χ2n) is 8.64. The number of aromatic nitrogens is 2. The normalized spacial score (nSPS) is 17.5. The zero-order valence-electron chi connectivity index (χ0n) is 19.7. The second kappa shape index (κ2) is 12.7. The Morgan fingerprint density at radius 3 is 2.42 bits per heavy atom. The van der Waals surface area contributed by atoms with Crippen molar-refractivity contribution in [3.05, 3.63) is 51.2 Å². The van der Waals surface area contributed by atoms with E-state index in [0.29, 0.717) is 16.5 Å². The predicted octanol–water partition coefficient (Wildman–Crippen LogP) is 5.73. The van der Waals surface area contributed by atoms with Gasteiger partial charge in [0, 0.05) is 33.4 Å². The lowest BCUT2D eigenvalue weighted by Crippen LogP contribution is -2.36. The van der Waals surface area contributed by atoms with Crippen LogP contribution in [0.25, 0.3) is 0 Å². The van der Waals surface area contributed by atoms with Crippen LogP contribution in [-0.2, 0) is 4.74 Å². The number of nitrogens with zero attached hydrogens (tertiary/aromatic N) is 3. The van der Waals surface area contributed by atoms with Crippen LogP contribution in [0.3, 0.4) is 0 Å². The fraction of sp³-hybridized carbons (Fsp3) is 0.583. The third kappa shape index (κ3) is 7.18. The summed E-state index contributed by atoms with van der Waals surface area (Å²) in [4.78, 5) is 13.0. The van der Waals surface area contributed by atoms with Crippen molar-refractivity contribution >= 4 is 29.2 Å². The maximum absolute atomic E-state index is 14.4. The van der Waals surface area contributed by atoms with Gasteiger partial charge in [0.25, 0.3) is 5.56 Å². The highest BCUT2D eigenvalue weighted by Gasteiger charge is 2.24. The molecule has 33 heavy (non-hydrogen) atoms. The first kappa shape index (κ1) is 26.0. The molecule has 0 radical (unpaired) electrons. The van der Waals surface area contributed by atoms with Gasteiger partial charge in [-0.2, -0.15) is 5.10 Å². The first-order valence-corrected chi connectivity index (χ1v) is 12.8. The van der Waals surface area contributed by atoms with Gasteiger partial charge >= 0.3 is 0 Å². The highest BCUT2D eigenvalue weighted by Crippen LogP contribution is 2.32. The van der Waals surface area contributed by atoms with Crippen LogP contribution in [0.4, 0.5) is 10.1 Å². The Labute approximate surface area is 205 Å². The van der Waals surface area contributed by atoms with E-state index in [4.69, 9.17) is 16.3 Å². The van der Waals surface area contributed by atoms with Crippen LogP contribution < -0.4 is 10.9 Å². The Morgan fingerprint density at radius 2 is 1.91 bits per heavy atom. The summed E-state index contributed by atoms with van der Waals surface area (Å²) in [5.41, 5.74) is 1.26. The van der Waals surface area contributed by atoms with Crippen molar-refractivity contribution in [1.82, 2.24) is 14.1 Å². The van der Waals surface area contributed by atoms with Crippen LogP contribution in [0.2, 0.25) is 5.02 Å². The molecule has 3 heterocycles. The van der Waals surface area contributed by atoms with Crippen molar-refractivity contribution in [3.63, 3.8) is 0 Å². The minimum absolute atomic E-state index is 0.00548. The fourth-order valence-electron chi connectivity index (χ4n) is 3.83. The van der Waals surface area contributed by atoms with Crippen LogP contribution in [0, 0.1) is 5.82 Å². The van der Waals surface area contributed by atoms with E-state index in [1.165, 1.54) is 35.9 Å². The summed E-state index contributed by atoms with van der Waals surface area (Å²) in [6.07, 6.45) is 7.04. The number of ether oxygens (including phenoxy) is 1. The van der Waals surface area contributed by atoms with Crippen LogP contribution in [-0.4, -0.2) is 47.4 Å². The molecule has 0 amide bonds. The van der Waals surface area contributed by atoms with Crippen molar-refractivity contribution in [3.8, 4) is 0 Å². The van der Waals surface area contributed by atoms with E-state index < -0.39 is 0 Å². The molecule has 2 aliphatic rings. The van der Waals surface area contributed by atoms with E-state index in [1.54, 1.807) is 19.3 Å². The van der Waals surface area contributed by atoms with Gasteiger partial charge < -0.3 is 10.1 Å². The standard InChI is InChI=1S/C19H24ClFN4OS.C5H10O/c1-12(2)13-4-5-17(15(21)10-13)27-24-8-6-14(7-9-24)25-19(26)18(20)16(22-3)11-23-25;1-2-4-6-5-3-1/h4-5,10-12,14,22H,6-9H2,1-3H3;1-5H2. The quantitative estimate of drug-likeness (QED) is 0.533. The van der Waals surface area contributed by atoms with Crippen molar-refractivity contribution in [2.75, 3.05) is 38.7 Å². The first-order chi connectivity index (χ1) is 15.9. The first-order valence-electron chi connectivity index (χ1n) is 11.7. The smallest absolute Gasteiger partial charge is 0.287 e. The van der Waals surface area contributed by atoms with Crippen molar-refractivity contribution in [1.29, 1.82) is 0 Å². The third-order valence-corrected chi connectivity index (χ3v) is 7.43. The van der Waals surface area contributed by atoms with Crippen molar-refractivity contribution < 1.29 is 9.13 Å². The van der Waals surface area contributed by atoms with Gasteiger partial charge in [0.2, 0.25) is 0 Å². The van der Waals surface area contributed by atoms with Gasteiger partial charge in [-0.05, 0) is 67.7 Å². The Balaban J connectivity index is 0.000000442. The maximum Gasteiger partial charge on any atom is 0.287 e. The van der Waals surface area contributed by atoms with Crippen molar-refractivity contribution in [2.24, 2.45) is 0 Å². The molecule has 0 bridgehead atoms. The minimum atomic E-state index is -0.273. The molecule has 1 N–H and O–H groups in total. The van der Waals surface area contributed by atoms with Gasteiger partial charge in [0.05, 0.1) is 22.8 Å². The van der Waals surface area contributed by atoms with Gasteiger partial charge in [0.1, 0.15) is 10.8 Å². The highest BCUT2D eigenvalue weighted by atomic mass is 35.5. The third-order valence-electron chi connectivity index (χ3n) is 5.91. The van der Waals surface area contributed by atoms with Gasteiger partial charge in [-0.3, -0.25) is 4.79 Å². The molecular weight excluding hydrogens is 463 g/mol. The number of anilines is 1. The molecule has 2 saturated heterocycles. The van der Waals surface area contributed by atoms with E-state index in [2.05, 4.69) is 28.6 Å². The lowest BCUT2D eigenvalue weighted by atomic mass is 10.0. The number of nitrogens with one attached hydrogen (secondary N) is 1. The molecule has 6 nitrogen and oxygen atoms in total. The molecule has 0 saturated carbocycles. The van der Waals surface area contributed by atoms with Gasteiger partial charge in [0.15, 0.2) is 0 Å². The number of hydrogen-bond donors (Lipinski definition) is 1. The molecule has 182 valence electrons. The van der Waals surface area contributed by atoms with E-state index >= 15 is 0 Å². The fourth-order valence-corrected chi connectivity index (χ4v) is 5.01. The Kier molecular flexibility index (Phi) is 10.0. The summed E-state index contributed by atoms with van der Waals surface area (Å²) < 4.78 is 23.0. The maximum atomic E-state index is 14.4. The highest BCUT2D eigenvalue weighted by molar-refractivity contribution is 7.97. The van der Waals surface area contributed by atoms with E-state index in [0.717, 1.165) is 44.7 Å². The Bertz CT molecular complexity index is 948. The molecule has 1 aromatic heterocycles. The van der Waals surface area contributed by atoms with Crippen LogP contribution in [0.1, 0.15) is 63.5 Å². The predicted molar refractivity (Wildman–Crippen MR) is 134 cm³/mol. The zero-order chi connectivity index (χ0) is 23.8. The Morgan fingerprint density at radius 1 is 1.21 bits per heavy atom. The summed E-state index contributed by atoms with van der Waals surface area (Å²) in [5.74, 6) is 0.127. The second-order valence-corrected chi connectivity index (χ2v) is 10.2. The molecule has 2 aliphatic heterocycles. The molecule has 0 spiro atoms. The summed E-state index contributed by atoms with van der Waals surface area (Å²) in [7, 11) is 1.70. The summed E-state index contributed by atoms with van der Waals surface area (Å²) in [5, 5.41) is 7.28. The van der Waals surface area contributed by atoms with Crippen LogP contribution >= 0.6 is 23.5 Å². The lowest BCUT2D eigenvalue weighted by molar-refractivity contribution is 0.0968. The molecule has 2 aromatic rings. The lowest BCUT2D eigenvalue weighted by Gasteiger charge is -2.31. The average molecular weight is 497 g/mol. The summed E-state index contributed by atoms with van der Waals surface area (Å²) in [6, 6.07) is 5.46. The number of benzene rings is 1. The van der Waals surface area contributed by atoms with E-state index in [-0.39, 0.29) is 22.4 Å². The zero-order valence-corrected chi connectivity index (χ0v) is 21.2. The summed E-state index contributed by atoms with van der Waals surface area (Å²) >= 11 is 7.55. The molecule has 0 atom stereocenters. The summed E-state index contributed by atoms with van der Waals surface area (Å²) in [6.45, 7) is 7.61. The van der Waals surface area contributed by atoms with Crippen LogP contribution in [0.5, 0.6) is 0 Å². The SMILES string of the molecule is C1CCOCC1.CNc1cnn(C2CCN(Sc3ccc(C(C)C)cc3F)CC2)c(=O)c1Cl. The Hall–Kier alpha value is -1.61. The topological polar surface area (TPSA) is 59.4 Å². The molecule has 9 heteroatoms. The minimum Gasteiger partial charge on any atom is -0.385 e. The molecule has 4 rings (SSSR count). The molecular formula is C24H34ClFN4O2S. The number of hydrogen-bond acceptors (Lipinski definition) is 6.